The Bertz CT molecular complexity index is 785. The molecule has 0 amide bonds. The summed E-state index contributed by atoms with van der Waals surface area (Å²) in [6.07, 6.45) is 6.06. The fraction of sp³-hybridized carbons (Fsp3) is 0.917. The van der Waals surface area contributed by atoms with Crippen LogP contribution >= 0.6 is 0 Å². The minimum Gasteiger partial charge on any atom is -0.393 e. The second kappa shape index (κ2) is 5.17. The summed E-state index contributed by atoms with van der Waals surface area (Å²) in [5.74, 6) is 9.14. The third-order valence-electron chi connectivity index (χ3n) is 11.0. The van der Waals surface area contributed by atoms with Gasteiger partial charge >= 0.3 is 0 Å². The van der Waals surface area contributed by atoms with E-state index in [2.05, 4.69) is 25.7 Å². The van der Waals surface area contributed by atoms with E-state index >= 15 is 0 Å². The van der Waals surface area contributed by atoms with E-state index in [1.54, 1.807) is 0 Å². The van der Waals surface area contributed by atoms with E-state index in [1.165, 1.54) is 0 Å². The minimum atomic E-state index is -0.960. The van der Waals surface area contributed by atoms with Crippen molar-refractivity contribution in [1.29, 1.82) is 0 Å². The zero-order chi connectivity index (χ0) is 19.7. The molecule has 0 spiro atoms. The molecule has 0 radical (unpaired) electrons. The largest absolute Gasteiger partial charge is 0.393 e. The monoisotopic (exact) mass is 386 g/mol. The van der Waals surface area contributed by atoms with Crippen molar-refractivity contribution in [2.24, 2.45) is 52.3 Å². The molecule has 28 heavy (non-hydrogen) atoms. The number of hydrogen-bond donors (Lipinski definition) is 4. The lowest BCUT2D eigenvalue weighted by Crippen LogP contribution is -2.65. The van der Waals surface area contributed by atoms with Crippen molar-refractivity contribution in [3.05, 3.63) is 0 Å². The Labute approximate surface area is 167 Å². The molecule has 6 fully saturated rings. The van der Waals surface area contributed by atoms with Crippen molar-refractivity contribution in [3.8, 4) is 11.8 Å². The fourth-order valence-corrected chi connectivity index (χ4v) is 9.57. The first kappa shape index (κ1) is 18.2. The van der Waals surface area contributed by atoms with Gasteiger partial charge in [-0.2, -0.15) is 0 Å². The van der Waals surface area contributed by atoms with Gasteiger partial charge < -0.3 is 20.4 Å². The predicted molar refractivity (Wildman–Crippen MR) is 104 cm³/mol. The molecule has 0 aromatic heterocycles. The van der Waals surface area contributed by atoms with Crippen LogP contribution in [-0.4, -0.2) is 44.3 Å². The third kappa shape index (κ3) is 1.81. The summed E-state index contributed by atoms with van der Waals surface area (Å²) in [6, 6.07) is 0. The molecule has 6 rings (SSSR count). The van der Waals surface area contributed by atoms with E-state index in [1.807, 2.05) is 0 Å². The maximum absolute atomic E-state index is 11.8. The molecule has 0 heterocycles. The molecule has 0 aromatic carbocycles. The maximum atomic E-state index is 11.8. The standard InChI is InChI=1S/C24H34O4/c1-21-7-4-13(26)12-24(21,28)17-10-14(17)19-16(21)5-8-22(2)20(19)15-11-18(15)23(22,27)6-3-9-25/h13-20,25-28H,4-5,7-12H2,1-2H3/t13-,14-,15+,16?,17+,18-,19?,20?,21+,22-,23-,24+/m0/s1. The highest BCUT2D eigenvalue weighted by Crippen LogP contribution is 2.81. The number of aliphatic hydroxyl groups is 4. The molecule has 0 aliphatic heterocycles. The topological polar surface area (TPSA) is 80.9 Å². The van der Waals surface area contributed by atoms with Gasteiger partial charge in [-0.15, -0.1) is 0 Å². The summed E-state index contributed by atoms with van der Waals surface area (Å²) >= 11 is 0. The molecule has 6 aliphatic rings. The van der Waals surface area contributed by atoms with Crippen molar-refractivity contribution in [2.75, 3.05) is 6.61 Å². The van der Waals surface area contributed by atoms with Gasteiger partial charge in [-0.3, -0.25) is 0 Å². The number of fused-ring (bicyclic) bond motifs is 10. The van der Waals surface area contributed by atoms with Gasteiger partial charge in [0, 0.05) is 17.8 Å². The van der Waals surface area contributed by atoms with Crippen molar-refractivity contribution in [1.82, 2.24) is 0 Å². The zero-order valence-corrected chi connectivity index (χ0v) is 17.1. The average Bonchev–Trinajstić information content (AvgIpc) is 3.54. The first-order chi connectivity index (χ1) is 13.2. The second-order valence-electron chi connectivity index (χ2n) is 11.6. The lowest BCUT2D eigenvalue weighted by Gasteiger charge is -2.64. The number of hydrogen-bond acceptors (Lipinski definition) is 4. The van der Waals surface area contributed by atoms with Crippen LogP contribution in [0.25, 0.3) is 0 Å². The zero-order valence-electron chi connectivity index (χ0n) is 17.1. The molecule has 4 nitrogen and oxygen atoms in total. The van der Waals surface area contributed by atoms with Crippen molar-refractivity contribution < 1.29 is 20.4 Å². The summed E-state index contributed by atoms with van der Waals surface area (Å²) in [7, 11) is 0. The van der Waals surface area contributed by atoms with Gasteiger partial charge in [0.15, 0.2) is 0 Å². The molecular weight excluding hydrogens is 352 g/mol. The Hall–Kier alpha value is -0.600. The van der Waals surface area contributed by atoms with Crippen LogP contribution in [0.1, 0.15) is 58.8 Å². The van der Waals surface area contributed by atoms with Crippen LogP contribution in [-0.2, 0) is 0 Å². The summed E-state index contributed by atoms with van der Waals surface area (Å²) in [4.78, 5) is 0. The molecular formula is C24H34O4. The Balaban J connectivity index is 1.42. The number of aliphatic hydroxyl groups excluding tert-OH is 2. The van der Waals surface area contributed by atoms with Crippen molar-refractivity contribution in [3.63, 3.8) is 0 Å². The van der Waals surface area contributed by atoms with Crippen LogP contribution in [0.3, 0.4) is 0 Å². The molecule has 3 unspecified atom stereocenters. The summed E-state index contributed by atoms with van der Waals surface area (Å²) in [6.45, 7) is 4.38. The molecule has 154 valence electrons. The van der Waals surface area contributed by atoms with Crippen molar-refractivity contribution in [2.45, 2.75) is 76.1 Å². The van der Waals surface area contributed by atoms with Gasteiger partial charge in [0.25, 0.3) is 0 Å². The summed E-state index contributed by atoms with van der Waals surface area (Å²) in [5.41, 5.74) is -1.98. The normalized spacial score (nSPS) is 65.6. The predicted octanol–water partition coefficient (Wildman–Crippen LogP) is 1.94. The van der Waals surface area contributed by atoms with E-state index in [-0.39, 0.29) is 29.5 Å². The highest BCUT2D eigenvalue weighted by molar-refractivity contribution is 5.36. The van der Waals surface area contributed by atoms with Crippen LogP contribution in [0, 0.1) is 64.1 Å². The van der Waals surface area contributed by atoms with Gasteiger partial charge in [0.2, 0.25) is 0 Å². The van der Waals surface area contributed by atoms with Crippen LogP contribution in [0.4, 0.5) is 0 Å². The first-order valence-corrected chi connectivity index (χ1v) is 11.4. The molecule has 6 aliphatic carbocycles. The van der Waals surface area contributed by atoms with Gasteiger partial charge in [-0.25, -0.2) is 0 Å². The summed E-state index contributed by atoms with van der Waals surface area (Å²) < 4.78 is 0. The maximum Gasteiger partial charge on any atom is 0.134 e. The fourth-order valence-electron chi connectivity index (χ4n) is 9.57. The lowest BCUT2D eigenvalue weighted by molar-refractivity contribution is -0.233. The molecule has 0 saturated heterocycles. The highest BCUT2D eigenvalue weighted by Gasteiger charge is 2.81. The second-order valence-corrected chi connectivity index (χ2v) is 11.6. The molecule has 0 aromatic rings. The Morgan fingerprint density at radius 1 is 0.929 bits per heavy atom. The van der Waals surface area contributed by atoms with E-state index in [9.17, 15) is 20.4 Å². The molecule has 0 bridgehead atoms. The third-order valence-corrected chi connectivity index (χ3v) is 11.0. The molecule has 12 atom stereocenters. The van der Waals surface area contributed by atoms with Crippen molar-refractivity contribution >= 4 is 0 Å². The van der Waals surface area contributed by atoms with Crippen LogP contribution in [0.5, 0.6) is 0 Å². The molecule has 6 saturated carbocycles. The van der Waals surface area contributed by atoms with E-state index in [0.717, 1.165) is 38.5 Å². The van der Waals surface area contributed by atoms with Gasteiger partial charge in [0.1, 0.15) is 12.2 Å². The number of rotatable bonds is 0. The van der Waals surface area contributed by atoms with Crippen LogP contribution in [0.2, 0.25) is 0 Å². The first-order valence-electron chi connectivity index (χ1n) is 11.4. The van der Waals surface area contributed by atoms with Crippen LogP contribution in [0.15, 0.2) is 0 Å². The molecule has 4 heteroatoms. The quantitative estimate of drug-likeness (QED) is 0.480. The summed E-state index contributed by atoms with van der Waals surface area (Å²) in [5, 5.41) is 43.1. The molecule has 4 N–H and O–H groups in total. The van der Waals surface area contributed by atoms with E-state index in [0.29, 0.717) is 41.9 Å². The SMILES string of the molecule is C[C@]12CCC3C(C1[C@@H]1C[C@@H]1[C@@]2(O)C#CCO)[C@H]1C[C@H]1[C@]1(O)C[C@@H](O)CC[C@]31C. The van der Waals surface area contributed by atoms with Gasteiger partial charge in [-0.05, 0) is 79.4 Å². The van der Waals surface area contributed by atoms with E-state index < -0.39 is 11.2 Å². The lowest BCUT2D eigenvalue weighted by atomic mass is 9.42. The Morgan fingerprint density at radius 2 is 1.64 bits per heavy atom. The Kier molecular flexibility index (Phi) is 3.36. The average molecular weight is 387 g/mol. The minimum absolute atomic E-state index is 0.113. The highest BCUT2D eigenvalue weighted by atomic mass is 16.3. The van der Waals surface area contributed by atoms with Gasteiger partial charge in [-0.1, -0.05) is 25.7 Å². The van der Waals surface area contributed by atoms with E-state index in [4.69, 9.17) is 0 Å². The van der Waals surface area contributed by atoms with Crippen LogP contribution < -0.4 is 0 Å². The Morgan fingerprint density at radius 3 is 2.39 bits per heavy atom. The smallest absolute Gasteiger partial charge is 0.134 e. The van der Waals surface area contributed by atoms with Gasteiger partial charge in [0.05, 0.1) is 11.7 Å².